The molecule has 0 aliphatic carbocycles. The summed E-state index contributed by atoms with van der Waals surface area (Å²) in [6, 6.07) is 6.60. The minimum atomic E-state index is -0.227. The standard InChI is InChI=1S/C16H26N4O/c1-19(2)16-8-5-6-13(18-16)9-10-14-7-3-4-11-20(14)12-15(17)21/h5-6,8,14H,3-4,7,9-12H2,1-2H3,(H2,17,21)/t14-/m1/s1. The molecule has 1 aliphatic heterocycles. The number of hydrogen-bond acceptors (Lipinski definition) is 4. The van der Waals surface area contributed by atoms with Gasteiger partial charge in [0.1, 0.15) is 5.82 Å². The van der Waals surface area contributed by atoms with Gasteiger partial charge in [-0.05, 0) is 44.4 Å². The van der Waals surface area contributed by atoms with Crippen molar-refractivity contribution in [2.45, 2.75) is 38.1 Å². The molecular formula is C16H26N4O. The first kappa shape index (κ1) is 15.8. The zero-order chi connectivity index (χ0) is 15.2. The lowest BCUT2D eigenvalue weighted by Gasteiger charge is -2.34. The van der Waals surface area contributed by atoms with Crippen molar-refractivity contribution in [2.24, 2.45) is 5.73 Å². The molecule has 5 heteroatoms. The molecule has 1 aromatic rings. The Kier molecular flexibility index (Phi) is 5.56. The van der Waals surface area contributed by atoms with Crippen LogP contribution in [0.1, 0.15) is 31.4 Å². The monoisotopic (exact) mass is 290 g/mol. The fourth-order valence-electron chi connectivity index (χ4n) is 2.96. The highest BCUT2D eigenvalue weighted by atomic mass is 16.1. The minimum absolute atomic E-state index is 0.227. The van der Waals surface area contributed by atoms with E-state index < -0.39 is 0 Å². The predicted molar refractivity (Wildman–Crippen MR) is 85.3 cm³/mol. The highest BCUT2D eigenvalue weighted by Gasteiger charge is 2.23. The van der Waals surface area contributed by atoms with Crippen molar-refractivity contribution < 1.29 is 4.79 Å². The molecule has 1 saturated heterocycles. The zero-order valence-corrected chi connectivity index (χ0v) is 13.1. The zero-order valence-electron chi connectivity index (χ0n) is 13.1. The Morgan fingerprint density at radius 3 is 2.95 bits per heavy atom. The molecule has 0 spiro atoms. The quantitative estimate of drug-likeness (QED) is 0.860. The smallest absolute Gasteiger partial charge is 0.231 e. The van der Waals surface area contributed by atoms with Gasteiger partial charge in [-0.15, -0.1) is 0 Å². The van der Waals surface area contributed by atoms with E-state index in [1.807, 2.05) is 25.1 Å². The molecule has 0 aromatic carbocycles. The number of primary amides is 1. The van der Waals surface area contributed by atoms with Crippen LogP contribution in [0.5, 0.6) is 0 Å². The van der Waals surface area contributed by atoms with Gasteiger partial charge in [-0.25, -0.2) is 4.98 Å². The summed E-state index contributed by atoms with van der Waals surface area (Å²) in [5, 5.41) is 0. The van der Waals surface area contributed by atoms with Crippen molar-refractivity contribution in [1.82, 2.24) is 9.88 Å². The highest BCUT2D eigenvalue weighted by molar-refractivity contribution is 5.75. The number of carbonyl (C=O) groups is 1. The van der Waals surface area contributed by atoms with E-state index >= 15 is 0 Å². The average molecular weight is 290 g/mol. The molecule has 2 heterocycles. The van der Waals surface area contributed by atoms with Gasteiger partial charge in [-0.2, -0.15) is 0 Å². The van der Waals surface area contributed by atoms with E-state index in [0.717, 1.165) is 43.7 Å². The number of hydrogen-bond donors (Lipinski definition) is 1. The number of piperidine rings is 1. The molecule has 0 bridgehead atoms. The number of pyridine rings is 1. The Labute approximate surface area is 127 Å². The number of aromatic nitrogens is 1. The molecule has 1 fully saturated rings. The summed E-state index contributed by atoms with van der Waals surface area (Å²) < 4.78 is 0. The summed E-state index contributed by atoms with van der Waals surface area (Å²) in [6.45, 7) is 1.37. The van der Waals surface area contributed by atoms with E-state index in [4.69, 9.17) is 5.73 Å². The molecule has 1 aliphatic rings. The van der Waals surface area contributed by atoms with Gasteiger partial charge in [0, 0.05) is 25.8 Å². The first-order valence-electron chi connectivity index (χ1n) is 7.72. The summed E-state index contributed by atoms with van der Waals surface area (Å²) in [5.41, 5.74) is 6.46. The lowest BCUT2D eigenvalue weighted by molar-refractivity contribution is -0.120. The van der Waals surface area contributed by atoms with Crippen molar-refractivity contribution in [3.8, 4) is 0 Å². The molecule has 0 unspecified atom stereocenters. The Bertz CT molecular complexity index is 475. The summed E-state index contributed by atoms with van der Waals surface area (Å²) in [6.07, 6.45) is 5.54. The Balaban J connectivity index is 1.94. The van der Waals surface area contributed by atoms with Crippen LogP contribution in [-0.2, 0) is 11.2 Å². The minimum Gasteiger partial charge on any atom is -0.369 e. The maximum absolute atomic E-state index is 11.2. The number of aryl methyl sites for hydroxylation is 1. The van der Waals surface area contributed by atoms with Crippen LogP contribution in [0, 0.1) is 0 Å². The number of rotatable bonds is 6. The lowest BCUT2D eigenvalue weighted by atomic mass is 9.97. The fraction of sp³-hybridized carbons (Fsp3) is 0.625. The molecular weight excluding hydrogens is 264 g/mol. The van der Waals surface area contributed by atoms with Gasteiger partial charge >= 0.3 is 0 Å². The second kappa shape index (κ2) is 7.41. The van der Waals surface area contributed by atoms with E-state index in [1.165, 1.54) is 6.42 Å². The third-order valence-corrected chi connectivity index (χ3v) is 4.09. The van der Waals surface area contributed by atoms with E-state index in [2.05, 4.69) is 22.0 Å². The van der Waals surface area contributed by atoms with Gasteiger partial charge in [0.25, 0.3) is 0 Å². The van der Waals surface area contributed by atoms with E-state index in [1.54, 1.807) is 0 Å². The third kappa shape index (κ3) is 4.70. The van der Waals surface area contributed by atoms with Crippen LogP contribution in [0.15, 0.2) is 18.2 Å². The number of nitrogens with zero attached hydrogens (tertiary/aromatic N) is 3. The SMILES string of the molecule is CN(C)c1cccc(CC[C@H]2CCCCN2CC(N)=O)n1. The normalized spacial score (nSPS) is 19.4. The number of likely N-dealkylation sites (tertiary alicyclic amines) is 1. The van der Waals surface area contributed by atoms with Gasteiger partial charge in [-0.1, -0.05) is 12.5 Å². The summed E-state index contributed by atoms with van der Waals surface area (Å²) in [5.74, 6) is 0.764. The first-order chi connectivity index (χ1) is 10.1. The second-order valence-electron chi connectivity index (χ2n) is 6.01. The molecule has 1 aromatic heterocycles. The van der Waals surface area contributed by atoms with Crippen LogP contribution >= 0.6 is 0 Å². The number of amides is 1. The van der Waals surface area contributed by atoms with Crippen LogP contribution < -0.4 is 10.6 Å². The fourth-order valence-corrected chi connectivity index (χ4v) is 2.96. The predicted octanol–water partition coefficient (Wildman–Crippen LogP) is 1.42. The van der Waals surface area contributed by atoms with Crippen LogP contribution in [0.4, 0.5) is 5.82 Å². The van der Waals surface area contributed by atoms with Crippen molar-refractivity contribution in [2.75, 3.05) is 32.1 Å². The molecule has 116 valence electrons. The number of carbonyl (C=O) groups excluding carboxylic acids is 1. The lowest BCUT2D eigenvalue weighted by Crippen LogP contribution is -2.44. The molecule has 1 amide bonds. The van der Waals surface area contributed by atoms with Crippen LogP contribution in [0.3, 0.4) is 0 Å². The van der Waals surface area contributed by atoms with Crippen LogP contribution in [0.25, 0.3) is 0 Å². The van der Waals surface area contributed by atoms with E-state index in [-0.39, 0.29) is 5.91 Å². The Morgan fingerprint density at radius 2 is 2.24 bits per heavy atom. The third-order valence-electron chi connectivity index (χ3n) is 4.09. The van der Waals surface area contributed by atoms with Crippen LogP contribution in [0.2, 0.25) is 0 Å². The summed E-state index contributed by atoms with van der Waals surface area (Å²) in [4.78, 5) is 20.1. The largest absolute Gasteiger partial charge is 0.369 e. The van der Waals surface area contributed by atoms with Gasteiger partial charge in [0.2, 0.25) is 5.91 Å². The summed E-state index contributed by atoms with van der Waals surface area (Å²) in [7, 11) is 4.00. The maximum atomic E-state index is 11.2. The van der Waals surface area contributed by atoms with Crippen LogP contribution in [-0.4, -0.2) is 49.0 Å². The Morgan fingerprint density at radius 1 is 1.43 bits per heavy atom. The molecule has 5 nitrogen and oxygen atoms in total. The van der Waals surface area contributed by atoms with Crippen molar-refractivity contribution in [3.05, 3.63) is 23.9 Å². The van der Waals surface area contributed by atoms with Crippen molar-refractivity contribution in [3.63, 3.8) is 0 Å². The van der Waals surface area contributed by atoms with Gasteiger partial charge in [0.15, 0.2) is 0 Å². The summed E-state index contributed by atoms with van der Waals surface area (Å²) >= 11 is 0. The van der Waals surface area contributed by atoms with Gasteiger partial charge < -0.3 is 10.6 Å². The first-order valence-corrected chi connectivity index (χ1v) is 7.72. The highest BCUT2D eigenvalue weighted by Crippen LogP contribution is 2.21. The molecule has 2 rings (SSSR count). The number of anilines is 1. The van der Waals surface area contributed by atoms with Crippen molar-refractivity contribution in [1.29, 1.82) is 0 Å². The number of nitrogens with two attached hydrogens (primary N) is 1. The second-order valence-corrected chi connectivity index (χ2v) is 6.01. The van der Waals surface area contributed by atoms with Gasteiger partial charge in [-0.3, -0.25) is 9.69 Å². The molecule has 2 N–H and O–H groups in total. The molecule has 0 saturated carbocycles. The maximum Gasteiger partial charge on any atom is 0.231 e. The van der Waals surface area contributed by atoms with Crippen molar-refractivity contribution >= 4 is 11.7 Å². The average Bonchev–Trinajstić information content (AvgIpc) is 2.46. The van der Waals surface area contributed by atoms with E-state index in [0.29, 0.717) is 12.6 Å². The topological polar surface area (TPSA) is 62.5 Å². The molecule has 1 atom stereocenters. The molecule has 21 heavy (non-hydrogen) atoms. The van der Waals surface area contributed by atoms with Gasteiger partial charge in [0.05, 0.1) is 6.54 Å². The Hall–Kier alpha value is -1.62. The molecule has 0 radical (unpaired) electrons. The van der Waals surface area contributed by atoms with E-state index in [9.17, 15) is 4.79 Å².